The predicted molar refractivity (Wildman–Crippen MR) is 82.6 cm³/mol. The Morgan fingerprint density at radius 2 is 2.26 bits per heavy atom. The molecular formula is C17H20N4O2. The summed E-state index contributed by atoms with van der Waals surface area (Å²) in [4.78, 5) is 23.4. The van der Waals surface area contributed by atoms with Crippen molar-refractivity contribution in [1.29, 1.82) is 0 Å². The van der Waals surface area contributed by atoms with Crippen LogP contribution in [-0.2, 0) is 17.6 Å². The molecule has 0 radical (unpaired) electrons. The molecule has 0 aromatic carbocycles. The van der Waals surface area contributed by atoms with E-state index in [-0.39, 0.29) is 11.9 Å². The van der Waals surface area contributed by atoms with Gasteiger partial charge in [-0.15, -0.1) is 0 Å². The lowest BCUT2D eigenvalue weighted by molar-refractivity contribution is -0.134. The van der Waals surface area contributed by atoms with Gasteiger partial charge in [0, 0.05) is 36.2 Å². The van der Waals surface area contributed by atoms with Crippen LogP contribution in [0.25, 0.3) is 0 Å². The Hall–Kier alpha value is -2.24. The van der Waals surface area contributed by atoms with E-state index in [2.05, 4.69) is 20.0 Å². The van der Waals surface area contributed by atoms with Crippen LogP contribution in [0.1, 0.15) is 53.6 Å². The van der Waals surface area contributed by atoms with Gasteiger partial charge in [0.2, 0.25) is 5.91 Å². The summed E-state index contributed by atoms with van der Waals surface area (Å²) < 4.78 is 5.18. The molecule has 6 nitrogen and oxygen atoms in total. The van der Waals surface area contributed by atoms with Gasteiger partial charge in [0.1, 0.15) is 12.1 Å². The fourth-order valence-electron chi connectivity index (χ4n) is 4.02. The van der Waals surface area contributed by atoms with E-state index in [4.69, 9.17) is 4.52 Å². The molecule has 0 N–H and O–H groups in total. The highest BCUT2D eigenvalue weighted by atomic mass is 16.5. The fourth-order valence-corrected chi connectivity index (χ4v) is 4.02. The molecule has 0 aliphatic carbocycles. The number of rotatable bonds is 3. The molecule has 2 bridgehead atoms. The SMILES string of the molecule is Cc1noc(C)c1CCC(=O)N1C2CCC1c1cncnc1C2. The molecule has 4 rings (SSSR count). The maximum absolute atomic E-state index is 12.8. The van der Waals surface area contributed by atoms with Crippen LogP contribution in [-0.4, -0.2) is 32.0 Å². The van der Waals surface area contributed by atoms with Crippen molar-refractivity contribution in [3.63, 3.8) is 0 Å². The van der Waals surface area contributed by atoms with E-state index in [0.29, 0.717) is 18.9 Å². The number of carbonyl (C=O) groups excluding carboxylic acids is 1. The highest BCUT2D eigenvalue weighted by Gasteiger charge is 2.42. The third-order valence-electron chi connectivity index (χ3n) is 5.18. The Morgan fingerprint density at radius 1 is 1.39 bits per heavy atom. The number of hydrogen-bond acceptors (Lipinski definition) is 5. The van der Waals surface area contributed by atoms with Gasteiger partial charge in [-0.3, -0.25) is 4.79 Å². The number of aryl methyl sites for hydroxylation is 2. The fraction of sp³-hybridized carbons (Fsp3) is 0.529. The van der Waals surface area contributed by atoms with Gasteiger partial charge in [-0.05, 0) is 33.1 Å². The average molecular weight is 312 g/mol. The zero-order valence-electron chi connectivity index (χ0n) is 13.5. The zero-order valence-corrected chi connectivity index (χ0v) is 13.5. The topological polar surface area (TPSA) is 72.1 Å². The standard InChI is InChI=1S/C17H20N4O2/c1-10-13(11(2)23-20-10)4-6-17(22)21-12-3-5-16(21)14-8-18-9-19-15(14)7-12/h8-9,12,16H,3-7H2,1-2H3. The second-order valence-electron chi connectivity index (χ2n) is 6.48. The molecule has 2 unspecified atom stereocenters. The van der Waals surface area contributed by atoms with Crippen LogP contribution in [0.4, 0.5) is 0 Å². The molecule has 1 amide bonds. The van der Waals surface area contributed by atoms with Crippen molar-refractivity contribution in [2.75, 3.05) is 0 Å². The first-order valence-corrected chi connectivity index (χ1v) is 8.17. The molecule has 2 aliphatic rings. The molecule has 1 saturated heterocycles. The van der Waals surface area contributed by atoms with Crippen molar-refractivity contribution in [3.05, 3.63) is 40.8 Å². The first-order valence-electron chi connectivity index (χ1n) is 8.17. The molecule has 2 aromatic rings. The first kappa shape index (κ1) is 14.4. The minimum Gasteiger partial charge on any atom is -0.361 e. The van der Waals surface area contributed by atoms with E-state index in [1.807, 2.05) is 20.0 Å². The van der Waals surface area contributed by atoms with E-state index in [1.54, 1.807) is 6.33 Å². The van der Waals surface area contributed by atoms with Gasteiger partial charge < -0.3 is 9.42 Å². The first-order chi connectivity index (χ1) is 11.1. The molecule has 4 heterocycles. The summed E-state index contributed by atoms with van der Waals surface area (Å²) in [6.45, 7) is 3.83. The van der Waals surface area contributed by atoms with Gasteiger partial charge in [0.25, 0.3) is 0 Å². The van der Waals surface area contributed by atoms with Gasteiger partial charge in [-0.2, -0.15) is 0 Å². The van der Waals surface area contributed by atoms with Crippen LogP contribution in [0, 0.1) is 13.8 Å². The van der Waals surface area contributed by atoms with Gasteiger partial charge in [0.15, 0.2) is 0 Å². The van der Waals surface area contributed by atoms with Crippen LogP contribution in [0.5, 0.6) is 0 Å². The van der Waals surface area contributed by atoms with Crippen molar-refractivity contribution >= 4 is 5.91 Å². The van der Waals surface area contributed by atoms with E-state index in [1.165, 1.54) is 0 Å². The van der Waals surface area contributed by atoms with E-state index >= 15 is 0 Å². The van der Waals surface area contributed by atoms with E-state index in [9.17, 15) is 4.79 Å². The third-order valence-corrected chi connectivity index (χ3v) is 5.18. The number of fused-ring (bicyclic) bond motifs is 4. The van der Waals surface area contributed by atoms with Gasteiger partial charge >= 0.3 is 0 Å². The van der Waals surface area contributed by atoms with Crippen molar-refractivity contribution in [2.24, 2.45) is 0 Å². The van der Waals surface area contributed by atoms with Crippen LogP contribution in [0.2, 0.25) is 0 Å². The molecular weight excluding hydrogens is 292 g/mol. The lowest BCUT2D eigenvalue weighted by atomic mass is 9.98. The number of aromatic nitrogens is 3. The maximum Gasteiger partial charge on any atom is 0.223 e. The molecule has 2 aliphatic heterocycles. The molecule has 120 valence electrons. The molecule has 2 aromatic heterocycles. The second kappa shape index (κ2) is 5.44. The van der Waals surface area contributed by atoms with Crippen molar-refractivity contribution in [2.45, 2.75) is 58.0 Å². The van der Waals surface area contributed by atoms with Gasteiger partial charge in [0.05, 0.1) is 17.4 Å². The Labute approximate surface area is 134 Å². The van der Waals surface area contributed by atoms with Crippen LogP contribution in [0.15, 0.2) is 17.0 Å². The summed E-state index contributed by atoms with van der Waals surface area (Å²) in [6.07, 6.45) is 7.59. The van der Waals surface area contributed by atoms with Crippen LogP contribution < -0.4 is 0 Å². The van der Waals surface area contributed by atoms with Crippen molar-refractivity contribution in [1.82, 2.24) is 20.0 Å². The molecule has 6 heteroatoms. The number of nitrogens with zero attached hydrogens (tertiary/aromatic N) is 4. The summed E-state index contributed by atoms with van der Waals surface area (Å²) in [6, 6.07) is 0.446. The number of amides is 1. The lowest BCUT2D eigenvalue weighted by Gasteiger charge is -2.35. The average Bonchev–Trinajstić information content (AvgIpc) is 3.04. The van der Waals surface area contributed by atoms with Crippen LogP contribution in [0.3, 0.4) is 0 Å². The molecule has 23 heavy (non-hydrogen) atoms. The highest BCUT2D eigenvalue weighted by molar-refractivity contribution is 5.78. The molecule has 0 spiro atoms. The quantitative estimate of drug-likeness (QED) is 0.869. The molecule has 2 atom stereocenters. The summed E-state index contributed by atoms with van der Waals surface area (Å²) in [5, 5.41) is 3.96. The maximum atomic E-state index is 12.8. The summed E-state index contributed by atoms with van der Waals surface area (Å²) >= 11 is 0. The number of hydrogen-bond donors (Lipinski definition) is 0. The Morgan fingerprint density at radius 3 is 3.04 bits per heavy atom. The van der Waals surface area contributed by atoms with E-state index < -0.39 is 0 Å². The van der Waals surface area contributed by atoms with Gasteiger partial charge in [-0.1, -0.05) is 5.16 Å². The summed E-state index contributed by atoms with van der Waals surface area (Å²) in [5.41, 5.74) is 4.19. The highest BCUT2D eigenvalue weighted by Crippen LogP contribution is 2.43. The number of carbonyl (C=O) groups is 1. The largest absolute Gasteiger partial charge is 0.361 e. The Kier molecular flexibility index (Phi) is 3.39. The lowest BCUT2D eigenvalue weighted by Crippen LogP contribution is -2.42. The minimum atomic E-state index is 0.155. The minimum absolute atomic E-state index is 0.155. The Balaban J connectivity index is 1.52. The predicted octanol–water partition coefficient (Wildman–Crippen LogP) is 2.30. The normalized spacial score (nSPS) is 22.3. The Bertz CT molecular complexity index is 735. The second-order valence-corrected chi connectivity index (χ2v) is 6.48. The smallest absolute Gasteiger partial charge is 0.223 e. The molecule has 1 fully saturated rings. The van der Waals surface area contributed by atoms with Gasteiger partial charge in [-0.25, -0.2) is 9.97 Å². The summed E-state index contributed by atoms with van der Waals surface area (Å²) in [7, 11) is 0. The van der Waals surface area contributed by atoms with Crippen molar-refractivity contribution < 1.29 is 9.32 Å². The van der Waals surface area contributed by atoms with Crippen molar-refractivity contribution in [3.8, 4) is 0 Å². The zero-order chi connectivity index (χ0) is 16.0. The summed E-state index contributed by atoms with van der Waals surface area (Å²) in [5.74, 6) is 1.03. The van der Waals surface area contributed by atoms with E-state index in [0.717, 1.165) is 47.5 Å². The monoisotopic (exact) mass is 312 g/mol. The molecule has 0 saturated carbocycles. The third kappa shape index (κ3) is 2.33. The van der Waals surface area contributed by atoms with Crippen LogP contribution >= 0.6 is 0 Å².